The Hall–Kier alpha value is -5.34. The average molecular weight is 831 g/mol. The van der Waals surface area contributed by atoms with Crippen LogP contribution < -0.4 is 11.1 Å². The molecule has 2 fully saturated rings. The van der Waals surface area contributed by atoms with Gasteiger partial charge in [0.2, 0.25) is 0 Å². The van der Waals surface area contributed by atoms with E-state index in [1.807, 2.05) is 5.32 Å². The summed E-state index contributed by atoms with van der Waals surface area (Å²) in [4.78, 5) is 37.7. The van der Waals surface area contributed by atoms with Crippen LogP contribution in [-0.4, -0.2) is 83.7 Å². The number of aliphatic imine (C=N–C) groups is 1. The minimum absolute atomic E-state index is 0.0293. The zero-order valence-corrected chi connectivity index (χ0v) is 30.9. The summed E-state index contributed by atoms with van der Waals surface area (Å²) >= 11 is 6.40. The number of carbonyl (C=O) groups excluding carboxylic acids is 2. The van der Waals surface area contributed by atoms with Crippen LogP contribution in [0.3, 0.4) is 0 Å². The molecular weight excluding hydrogens is 796 g/mol. The van der Waals surface area contributed by atoms with Crippen molar-refractivity contribution >= 4 is 29.6 Å². The highest BCUT2D eigenvalue weighted by Crippen LogP contribution is 2.49. The molecule has 2 aromatic carbocycles. The first-order chi connectivity index (χ1) is 26.7. The summed E-state index contributed by atoms with van der Waals surface area (Å²) in [5, 5.41) is 13.9. The fourth-order valence-corrected chi connectivity index (χ4v) is 5.90. The Labute approximate surface area is 324 Å². The van der Waals surface area contributed by atoms with Crippen LogP contribution >= 0.6 is 11.6 Å². The summed E-state index contributed by atoms with van der Waals surface area (Å²) in [7, 11) is 0. The zero-order chi connectivity index (χ0) is 41.5. The first-order valence-corrected chi connectivity index (χ1v) is 17.8. The number of ether oxygens (including phenoxy) is 1. The lowest BCUT2D eigenvalue weighted by atomic mass is 9.89. The van der Waals surface area contributed by atoms with E-state index in [-0.39, 0.29) is 32.4 Å². The second-order valence-electron chi connectivity index (χ2n) is 14.3. The molecule has 2 saturated carbocycles. The van der Waals surface area contributed by atoms with E-state index in [9.17, 15) is 44.7 Å². The van der Waals surface area contributed by atoms with Crippen LogP contribution in [-0.2, 0) is 4.74 Å². The number of halogens is 9. The number of nitrogens with one attached hydrogen (secondary N) is 1. The highest BCUT2D eigenvalue weighted by molar-refractivity contribution is 6.33. The molecule has 2 aliphatic rings. The number of aromatic nitrogens is 6. The van der Waals surface area contributed by atoms with Gasteiger partial charge in [0.25, 0.3) is 5.91 Å². The van der Waals surface area contributed by atoms with E-state index in [2.05, 4.69) is 25.3 Å². The number of amides is 2. The molecule has 0 saturated heterocycles. The number of nitrogens with zero attached hydrogens (tertiary/aromatic N) is 8. The molecule has 0 radical (unpaired) electrons. The minimum atomic E-state index is -4.81. The fraction of sp³-hybridized carbons (Fsp3) is 0.457. The average Bonchev–Trinajstić information content (AvgIpc) is 4.04. The molecule has 6 rings (SSSR count). The number of guanidine groups is 1. The van der Waals surface area contributed by atoms with Gasteiger partial charge in [-0.1, -0.05) is 43.6 Å². The van der Waals surface area contributed by atoms with Gasteiger partial charge >= 0.3 is 25.0 Å². The number of carbonyl (C=O) groups is 2. The van der Waals surface area contributed by atoms with E-state index in [0.717, 1.165) is 37.9 Å². The molecule has 2 amide bonds. The summed E-state index contributed by atoms with van der Waals surface area (Å²) in [5.74, 6) is -2.02. The van der Waals surface area contributed by atoms with Gasteiger partial charge in [-0.15, -0.1) is 0 Å². The van der Waals surface area contributed by atoms with Crippen molar-refractivity contribution in [2.24, 2.45) is 16.1 Å². The summed E-state index contributed by atoms with van der Waals surface area (Å²) in [6.45, 7) is -2.74. The molecule has 0 bridgehead atoms. The van der Waals surface area contributed by atoms with E-state index < -0.39 is 92.1 Å². The van der Waals surface area contributed by atoms with Crippen molar-refractivity contribution in [3.05, 3.63) is 71.1 Å². The molecule has 4 aromatic rings. The van der Waals surface area contributed by atoms with Gasteiger partial charge in [-0.25, -0.2) is 9.78 Å². The van der Waals surface area contributed by atoms with Crippen LogP contribution in [0.4, 0.5) is 39.9 Å². The van der Waals surface area contributed by atoms with Crippen molar-refractivity contribution in [1.82, 2.24) is 40.0 Å². The van der Waals surface area contributed by atoms with Crippen molar-refractivity contribution in [2.75, 3.05) is 13.2 Å². The maximum atomic E-state index is 14.5. The van der Waals surface area contributed by atoms with E-state index in [1.54, 1.807) is 23.1 Å². The lowest BCUT2D eigenvalue weighted by Gasteiger charge is -2.32. The molecule has 2 aromatic heterocycles. The number of alkyl halides is 8. The lowest BCUT2D eigenvalue weighted by molar-refractivity contribution is -0.212. The number of hydrogen-bond donors (Lipinski definition) is 2. The van der Waals surface area contributed by atoms with Crippen LogP contribution in [0.1, 0.15) is 80.5 Å². The van der Waals surface area contributed by atoms with Crippen molar-refractivity contribution in [3.63, 3.8) is 0 Å². The Morgan fingerprint density at radius 2 is 1.75 bits per heavy atom. The first kappa shape index (κ1) is 41.3. The normalized spacial score (nSPS) is 16.4. The number of benzene rings is 2. The van der Waals surface area contributed by atoms with Crippen LogP contribution in [0, 0.1) is 5.41 Å². The second-order valence-corrected chi connectivity index (χ2v) is 14.7. The summed E-state index contributed by atoms with van der Waals surface area (Å²) in [6, 6.07) is 8.21. The van der Waals surface area contributed by atoms with Crippen LogP contribution in [0.5, 0.6) is 0 Å². The topological polar surface area (TPSA) is 158 Å². The molecule has 0 spiro atoms. The maximum Gasteiger partial charge on any atom is 0.411 e. The Morgan fingerprint density at radius 1 is 1.07 bits per heavy atom. The summed E-state index contributed by atoms with van der Waals surface area (Å²) < 4.78 is 115. The van der Waals surface area contributed by atoms with Gasteiger partial charge in [-0.2, -0.15) is 59.9 Å². The highest BCUT2D eigenvalue weighted by Gasteiger charge is 2.64. The predicted octanol–water partition coefficient (Wildman–Crippen LogP) is 7.88. The number of nitrogens with two attached hydrogens (primary N) is 1. The largest absolute Gasteiger partial charge is 0.447 e. The predicted molar refractivity (Wildman–Crippen MR) is 188 cm³/mol. The van der Waals surface area contributed by atoms with Gasteiger partial charge in [-0.3, -0.25) is 14.7 Å². The molecule has 3 N–H and O–H groups in total. The van der Waals surface area contributed by atoms with Crippen LogP contribution in [0.2, 0.25) is 5.02 Å². The third-order valence-electron chi connectivity index (χ3n) is 9.75. The molecule has 2 aliphatic carbocycles. The third-order valence-corrected chi connectivity index (χ3v) is 10.1. The highest BCUT2D eigenvalue weighted by atomic mass is 35.5. The van der Waals surface area contributed by atoms with E-state index >= 15 is 0 Å². The molecule has 1 atom stereocenters. The molecule has 13 nitrogen and oxygen atoms in total. The summed E-state index contributed by atoms with van der Waals surface area (Å²) in [6.07, 6.45) is -8.09. The van der Waals surface area contributed by atoms with Gasteiger partial charge in [0.1, 0.15) is 24.2 Å². The van der Waals surface area contributed by atoms with Gasteiger partial charge < -0.3 is 15.8 Å². The zero-order valence-electron chi connectivity index (χ0n) is 30.2. The van der Waals surface area contributed by atoms with Crippen molar-refractivity contribution in [3.8, 4) is 22.6 Å². The van der Waals surface area contributed by atoms with Gasteiger partial charge in [0.15, 0.2) is 11.8 Å². The Balaban J connectivity index is 1.40. The van der Waals surface area contributed by atoms with Crippen LogP contribution in [0.15, 0.2) is 60.0 Å². The fourth-order valence-electron chi connectivity index (χ4n) is 5.70. The molecule has 2 heterocycles. The molecule has 22 heteroatoms. The van der Waals surface area contributed by atoms with Crippen molar-refractivity contribution < 1.29 is 49.4 Å². The maximum absolute atomic E-state index is 14.5. The molecule has 57 heavy (non-hydrogen) atoms. The first-order valence-electron chi connectivity index (χ1n) is 17.4. The molecule has 0 aliphatic heterocycles. The second kappa shape index (κ2) is 15.5. The monoisotopic (exact) mass is 830 g/mol. The minimum Gasteiger partial charge on any atom is -0.447 e. The Kier molecular flexibility index (Phi) is 11.3. The molecule has 0 unspecified atom stereocenters. The SMILES string of the molecule is CC(C)(CCN=C(N)N(C(=O)c1ccc(-c2cnn(C3CC3)n2)cc1)[C@H](COC(=O)NC1(C(F)(F)F)CC1)c1ccc(Cl)c(-c2ncnn2C(F)F)c1)C(F)(F)F. The van der Waals surface area contributed by atoms with E-state index in [1.165, 1.54) is 30.3 Å². The van der Waals surface area contributed by atoms with Crippen LogP contribution in [0.25, 0.3) is 22.6 Å². The van der Waals surface area contributed by atoms with Gasteiger partial charge in [0, 0.05) is 23.2 Å². The third kappa shape index (κ3) is 8.97. The van der Waals surface area contributed by atoms with Gasteiger partial charge in [-0.05, 0) is 61.9 Å². The number of alkyl carbamates (subject to hydrolysis) is 1. The Bertz CT molecular complexity index is 2130. The van der Waals surface area contributed by atoms with Crippen molar-refractivity contribution in [2.45, 2.75) is 82.5 Å². The molecule has 306 valence electrons. The number of rotatable bonds is 13. The van der Waals surface area contributed by atoms with E-state index in [0.29, 0.717) is 11.3 Å². The molecular formula is C35H35ClF8N10O3. The standard InChI is InChI=1S/C35H35ClF8N10O3/c1-32(2,34(39,40)41)13-14-46-30(45)52(28(55)20-5-3-19(4-6-20)25-16-48-54(51-25)22-8-9-22)26(17-57-31(56)50-33(11-12-33)35(42,43)44)21-7-10-24(36)23(15-21)27-47-18-49-53(27)29(37)38/h3-7,10,15-16,18,22,26,29H,8-9,11-14,17H2,1-2H3,(H2,45,46)(H,50,56)/t26-/m1/s1. The lowest BCUT2D eigenvalue weighted by Crippen LogP contribution is -2.49. The number of hydrogen-bond acceptors (Lipinski definition) is 8. The summed E-state index contributed by atoms with van der Waals surface area (Å²) in [5.41, 5.74) is 2.47. The van der Waals surface area contributed by atoms with Gasteiger partial charge in [0.05, 0.1) is 28.7 Å². The van der Waals surface area contributed by atoms with Crippen molar-refractivity contribution in [1.29, 1.82) is 0 Å². The smallest absolute Gasteiger partial charge is 0.411 e. The Morgan fingerprint density at radius 3 is 2.35 bits per heavy atom. The quantitative estimate of drug-likeness (QED) is 0.0783. The van der Waals surface area contributed by atoms with E-state index in [4.69, 9.17) is 22.1 Å².